The van der Waals surface area contributed by atoms with Gasteiger partial charge in [-0.25, -0.2) is 0 Å². The molecule has 1 heterocycles. The van der Waals surface area contributed by atoms with Gasteiger partial charge in [0, 0.05) is 13.0 Å². The Bertz CT molecular complexity index is 339. The van der Waals surface area contributed by atoms with Crippen molar-refractivity contribution in [2.45, 2.75) is 26.7 Å². The Hall–Kier alpha value is -1.51. The van der Waals surface area contributed by atoms with E-state index in [9.17, 15) is 4.79 Å². The van der Waals surface area contributed by atoms with Gasteiger partial charge in [-0.05, 0) is 19.4 Å². The number of carbonyl (C=O) groups excluding carboxylic acids is 1. The van der Waals surface area contributed by atoms with Gasteiger partial charge >= 0.3 is 0 Å². The summed E-state index contributed by atoms with van der Waals surface area (Å²) in [5.74, 6) is 0.698. The summed E-state index contributed by atoms with van der Waals surface area (Å²) in [6, 6.07) is 1.71. The van der Waals surface area contributed by atoms with E-state index in [1.165, 1.54) is 0 Å². The van der Waals surface area contributed by atoms with Crippen LogP contribution in [0.5, 0.6) is 0 Å². The van der Waals surface area contributed by atoms with Crippen LogP contribution in [0.25, 0.3) is 0 Å². The third kappa shape index (κ3) is 3.27. The number of aryl methyl sites for hydroxylation is 1. The topological polar surface area (TPSA) is 42.2 Å². The van der Waals surface area contributed by atoms with Crippen LogP contribution in [0.3, 0.4) is 0 Å². The number of furan rings is 1. The van der Waals surface area contributed by atoms with E-state index in [4.69, 9.17) is 4.42 Å². The molecule has 0 saturated carbocycles. The second kappa shape index (κ2) is 6.06. The maximum absolute atomic E-state index is 11.7. The van der Waals surface area contributed by atoms with E-state index in [2.05, 4.69) is 5.32 Å². The van der Waals surface area contributed by atoms with Crippen LogP contribution in [0.4, 0.5) is 0 Å². The van der Waals surface area contributed by atoms with Gasteiger partial charge in [-0.1, -0.05) is 19.1 Å². The molecule has 15 heavy (non-hydrogen) atoms. The lowest BCUT2D eigenvalue weighted by atomic mass is 10.2. The van der Waals surface area contributed by atoms with Gasteiger partial charge in [0.15, 0.2) is 0 Å². The third-order valence-corrected chi connectivity index (χ3v) is 2.14. The van der Waals surface area contributed by atoms with Crippen molar-refractivity contribution in [3.63, 3.8) is 0 Å². The molecule has 0 saturated heterocycles. The van der Waals surface area contributed by atoms with Gasteiger partial charge < -0.3 is 9.73 Å². The van der Waals surface area contributed by atoms with E-state index < -0.39 is 0 Å². The van der Waals surface area contributed by atoms with Crippen molar-refractivity contribution in [1.29, 1.82) is 0 Å². The van der Waals surface area contributed by atoms with Crippen LogP contribution in [-0.4, -0.2) is 12.5 Å². The average molecular weight is 207 g/mol. The number of hydrogen-bond acceptors (Lipinski definition) is 2. The van der Waals surface area contributed by atoms with E-state index in [0.717, 1.165) is 18.6 Å². The molecule has 0 atom stereocenters. The molecule has 3 nitrogen and oxygen atoms in total. The van der Waals surface area contributed by atoms with Crippen LogP contribution in [0.15, 0.2) is 28.9 Å². The summed E-state index contributed by atoms with van der Waals surface area (Å²) in [5, 5.41) is 2.84. The van der Waals surface area contributed by atoms with Gasteiger partial charge in [0.05, 0.1) is 11.8 Å². The molecule has 1 N–H and O–H groups in total. The Kier molecular flexibility index (Phi) is 4.68. The molecule has 0 spiro atoms. The van der Waals surface area contributed by atoms with Crippen LogP contribution in [0.1, 0.15) is 36.4 Å². The highest BCUT2D eigenvalue weighted by atomic mass is 16.3. The number of hydrogen-bond donors (Lipinski definition) is 1. The minimum absolute atomic E-state index is 0.0508. The molecule has 3 heteroatoms. The molecule has 1 aromatic heterocycles. The molecule has 0 unspecified atom stereocenters. The fourth-order valence-corrected chi connectivity index (χ4v) is 1.35. The van der Waals surface area contributed by atoms with Crippen molar-refractivity contribution in [1.82, 2.24) is 5.32 Å². The summed E-state index contributed by atoms with van der Waals surface area (Å²) in [6.45, 7) is 4.60. The highest BCUT2D eigenvalue weighted by molar-refractivity contribution is 5.95. The van der Waals surface area contributed by atoms with Crippen LogP contribution >= 0.6 is 0 Å². The van der Waals surface area contributed by atoms with Gasteiger partial charge in [-0.2, -0.15) is 0 Å². The molecule has 0 aliphatic heterocycles. The molecule has 0 bridgehead atoms. The summed E-state index contributed by atoms with van der Waals surface area (Å²) < 4.78 is 5.19. The standard InChI is InChI=1S/C12H17NO2/c1-3-5-6-8-13-12(14)10-7-9-15-11(10)4-2/h3,5,7,9H,4,6,8H2,1-2H3,(H,13,14)/b5-3+. The van der Waals surface area contributed by atoms with Crippen molar-refractivity contribution >= 4 is 5.91 Å². The Morgan fingerprint density at radius 1 is 1.60 bits per heavy atom. The van der Waals surface area contributed by atoms with E-state index in [-0.39, 0.29) is 5.91 Å². The maximum Gasteiger partial charge on any atom is 0.254 e. The van der Waals surface area contributed by atoms with Crippen LogP contribution in [0, 0.1) is 0 Å². The monoisotopic (exact) mass is 207 g/mol. The first-order chi connectivity index (χ1) is 7.29. The smallest absolute Gasteiger partial charge is 0.254 e. The zero-order chi connectivity index (χ0) is 11.1. The molecule has 0 aliphatic rings. The fourth-order valence-electron chi connectivity index (χ4n) is 1.35. The largest absolute Gasteiger partial charge is 0.469 e. The zero-order valence-electron chi connectivity index (χ0n) is 9.25. The fraction of sp³-hybridized carbons (Fsp3) is 0.417. The Morgan fingerprint density at radius 3 is 3.07 bits per heavy atom. The average Bonchev–Trinajstić information content (AvgIpc) is 2.72. The summed E-state index contributed by atoms with van der Waals surface area (Å²) in [6.07, 6.45) is 7.16. The first kappa shape index (κ1) is 11.6. The van der Waals surface area contributed by atoms with E-state index in [1.807, 2.05) is 26.0 Å². The van der Waals surface area contributed by atoms with Crippen molar-refractivity contribution in [3.8, 4) is 0 Å². The quantitative estimate of drug-likeness (QED) is 0.595. The number of carbonyl (C=O) groups is 1. The van der Waals surface area contributed by atoms with Gasteiger partial charge in [-0.3, -0.25) is 4.79 Å². The van der Waals surface area contributed by atoms with Gasteiger partial charge in [0.25, 0.3) is 5.91 Å². The van der Waals surface area contributed by atoms with E-state index >= 15 is 0 Å². The maximum atomic E-state index is 11.7. The van der Waals surface area contributed by atoms with Crippen LogP contribution in [-0.2, 0) is 6.42 Å². The zero-order valence-corrected chi connectivity index (χ0v) is 9.25. The molecule has 0 aromatic carbocycles. The number of nitrogens with one attached hydrogen (secondary N) is 1. The summed E-state index contributed by atoms with van der Waals surface area (Å²) in [7, 11) is 0. The van der Waals surface area contributed by atoms with Crippen molar-refractivity contribution in [2.24, 2.45) is 0 Å². The number of allylic oxidation sites excluding steroid dienone is 1. The van der Waals surface area contributed by atoms with Crippen LogP contribution < -0.4 is 5.32 Å². The summed E-state index contributed by atoms with van der Waals surface area (Å²) in [5.41, 5.74) is 0.651. The second-order valence-corrected chi connectivity index (χ2v) is 3.22. The lowest BCUT2D eigenvalue weighted by Gasteiger charge is -2.02. The van der Waals surface area contributed by atoms with E-state index in [0.29, 0.717) is 12.1 Å². The second-order valence-electron chi connectivity index (χ2n) is 3.22. The molecule has 82 valence electrons. The molecule has 1 amide bonds. The molecular weight excluding hydrogens is 190 g/mol. The highest BCUT2D eigenvalue weighted by Crippen LogP contribution is 2.10. The molecule has 0 radical (unpaired) electrons. The molecular formula is C12H17NO2. The molecule has 1 rings (SSSR count). The predicted octanol–water partition coefficient (Wildman–Crippen LogP) is 2.54. The highest BCUT2D eigenvalue weighted by Gasteiger charge is 2.11. The normalized spacial score (nSPS) is 10.8. The first-order valence-electron chi connectivity index (χ1n) is 5.25. The van der Waals surface area contributed by atoms with Gasteiger partial charge in [-0.15, -0.1) is 0 Å². The van der Waals surface area contributed by atoms with Crippen molar-refractivity contribution < 1.29 is 9.21 Å². The van der Waals surface area contributed by atoms with Crippen molar-refractivity contribution in [3.05, 3.63) is 35.8 Å². The first-order valence-corrected chi connectivity index (χ1v) is 5.25. The number of rotatable bonds is 5. The SMILES string of the molecule is C/C=C/CCNC(=O)c1ccoc1CC. The summed E-state index contributed by atoms with van der Waals surface area (Å²) in [4.78, 5) is 11.7. The lowest BCUT2D eigenvalue weighted by molar-refractivity contribution is 0.0952. The van der Waals surface area contributed by atoms with Gasteiger partial charge in [0.1, 0.15) is 5.76 Å². The Balaban J connectivity index is 2.46. The van der Waals surface area contributed by atoms with Crippen molar-refractivity contribution in [2.75, 3.05) is 6.54 Å². The molecule has 0 aliphatic carbocycles. The Labute approximate surface area is 90.2 Å². The Morgan fingerprint density at radius 2 is 2.40 bits per heavy atom. The minimum atomic E-state index is -0.0508. The minimum Gasteiger partial charge on any atom is -0.469 e. The predicted molar refractivity (Wildman–Crippen MR) is 59.9 cm³/mol. The third-order valence-electron chi connectivity index (χ3n) is 2.14. The summed E-state index contributed by atoms with van der Waals surface area (Å²) >= 11 is 0. The number of amides is 1. The molecule has 1 aromatic rings. The molecule has 0 fully saturated rings. The van der Waals surface area contributed by atoms with E-state index in [1.54, 1.807) is 12.3 Å². The van der Waals surface area contributed by atoms with Crippen LogP contribution in [0.2, 0.25) is 0 Å². The van der Waals surface area contributed by atoms with Gasteiger partial charge in [0.2, 0.25) is 0 Å². The lowest BCUT2D eigenvalue weighted by Crippen LogP contribution is -2.24.